The molecule has 1 aliphatic heterocycles. The van der Waals surface area contributed by atoms with Gasteiger partial charge in [0.15, 0.2) is 0 Å². The highest BCUT2D eigenvalue weighted by atomic mass is 35.5. The second-order valence-electron chi connectivity index (χ2n) is 8.90. The fourth-order valence-electron chi connectivity index (χ4n) is 3.35. The lowest BCUT2D eigenvalue weighted by Gasteiger charge is -2.25. The van der Waals surface area contributed by atoms with Gasteiger partial charge in [-0.2, -0.15) is 31.6 Å². The summed E-state index contributed by atoms with van der Waals surface area (Å²) in [6.45, 7) is 1.71. The highest BCUT2D eigenvalue weighted by Crippen LogP contribution is 2.59. The van der Waals surface area contributed by atoms with Gasteiger partial charge in [0.1, 0.15) is 16.7 Å². The van der Waals surface area contributed by atoms with E-state index in [9.17, 15) is 41.0 Å². The van der Waals surface area contributed by atoms with E-state index in [-0.39, 0.29) is 23.8 Å². The normalized spacial score (nSPS) is 20.8. The molecule has 2 N–H and O–H groups in total. The molecule has 0 spiro atoms. The van der Waals surface area contributed by atoms with Gasteiger partial charge in [-0.1, -0.05) is 18.5 Å². The van der Waals surface area contributed by atoms with Crippen molar-refractivity contribution in [3.05, 3.63) is 23.2 Å². The molecule has 3 fully saturated rings. The number of carbonyl (C=O) groups is 2. The summed E-state index contributed by atoms with van der Waals surface area (Å²) < 4.78 is 71.5. The topological polar surface area (TPSA) is 93.4 Å². The lowest BCUT2D eigenvalue weighted by Crippen LogP contribution is -2.43. The summed E-state index contributed by atoms with van der Waals surface area (Å²) in [7, 11) is 0. The van der Waals surface area contributed by atoms with Crippen LogP contribution in [0.25, 0.3) is 0 Å². The number of phenols is 1. The first-order valence-electron chi connectivity index (χ1n) is 11.3. The molecule has 3 aliphatic rings. The number of hydrogen-bond acceptors (Lipinski definition) is 5. The van der Waals surface area contributed by atoms with Crippen molar-refractivity contribution in [3.8, 4) is 11.8 Å². The van der Waals surface area contributed by atoms with Crippen LogP contribution in [-0.4, -0.2) is 58.6 Å². The van der Waals surface area contributed by atoms with Crippen LogP contribution in [0.15, 0.2) is 23.1 Å². The number of alkyl halides is 6. The van der Waals surface area contributed by atoms with E-state index in [1.807, 2.05) is 6.07 Å². The van der Waals surface area contributed by atoms with Gasteiger partial charge in [0.05, 0.1) is 11.1 Å². The Hall–Kier alpha value is -2.33. The van der Waals surface area contributed by atoms with Crippen LogP contribution in [-0.2, 0) is 9.59 Å². The fraction of sp³-hybridized carbons (Fsp3) is 0.609. The van der Waals surface area contributed by atoms with Crippen LogP contribution in [0.4, 0.5) is 26.3 Å². The van der Waals surface area contributed by atoms with Gasteiger partial charge in [-0.15, -0.1) is 11.8 Å². The first-order valence-corrected chi connectivity index (χ1v) is 12.6. The largest absolute Gasteiger partial charge is 0.508 e. The molecule has 1 aromatic rings. The van der Waals surface area contributed by atoms with Gasteiger partial charge >= 0.3 is 12.4 Å². The molecular weight excluding hydrogens is 548 g/mol. The van der Waals surface area contributed by atoms with Gasteiger partial charge in [-0.3, -0.25) is 9.59 Å². The van der Waals surface area contributed by atoms with Crippen molar-refractivity contribution in [1.29, 1.82) is 5.26 Å². The lowest BCUT2D eigenvalue weighted by molar-refractivity contribution is -0.197. The first-order chi connectivity index (χ1) is 17.1. The second kappa shape index (κ2) is 12.0. The Morgan fingerprint density at radius 2 is 1.86 bits per heavy atom. The minimum absolute atomic E-state index is 0.00465. The minimum atomic E-state index is -4.46. The third kappa shape index (κ3) is 8.60. The number of aromatic hydroxyl groups is 1. The van der Waals surface area contributed by atoms with E-state index in [1.54, 1.807) is 6.07 Å². The molecule has 2 amide bonds. The molecule has 1 saturated heterocycles. The Labute approximate surface area is 219 Å². The molecule has 6 nitrogen and oxygen atoms in total. The molecule has 0 bridgehead atoms. The number of amides is 2. The van der Waals surface area contributed by atoms with E-state index in [1.165, 1.54) is 28.8 Å². The van der Waals surface area contributed by atoms with Crippen LogP contribution in [0.1, 0.15) is 45.4 Å². The number of likely N-dealkylation sites (tertiary alicyclic amines) is 1. The van der Waals surface area contributed by atoms with Crippen LogP contribution in [0, 0.1) is 16.7 Å². The summed E-state index contributed by atoms with van der Waals surface area (Å²) in [5, 5.41) is 20.5. The quantitative estimate of drug-likeness (QED) is 0.342. The Kier molecular flexibility index (Phi) is 10.0. The van der Waals surface area contributed by atoms with Gasteiger partial charge in [0, 0.05) is 29.7 Å². The number of carbonyl (C=O) groups excluding carboxylic acids is 2. The first kappa shape index (κ1) is 30.9. The molecule has 0 radical (unpaired) electrons. The van der Waals surface area contributed by atoms with Gasteiger partial charge in [-0.05, 0) is 50.3 Å². The summed E-state index contributed by atoms with van der Waals surface area (Å²) >= 11 is 7.47. The Balaban J connectivity index is 0.000000282. The molecule has 1 aromatic carbocycles. The highest BCUT2D eigenvalue weighted by molar-refractivity contribution is 8.00. The number of halogens is 7. The van der Waals surface area contributed by atoms with Crippen molar-refractivity contribution in [2.45, 2.75) is 73.5 Å². The maximum absolute atomic E-state index is 13.0. The molecule has 1 unspecified atom stereocenters. The number of nitriles is 1. The fourth-order valence-corrected chi connectivity index (χ4v) is 4.81. The van der Waals surface area contributed by atoms with Crippen molar-refractivity contribution in [2.75, 3.05) is 13.1 Å². The zero-order valence-electron chi connectivity index (χ0n) is 19.8. The summed E-state index contributed by atoms with van der Waals surface area (Å²) in [6, 6.07) is 6.61. The summed E-state index contributed by atoms with van der Waals surface area (Å²) in [5.41, 5.74) is -2.61. The highest BCUT2D eigenvalue weighted by Gasteiger charge is 2.69. The summed E-state index contributed by atoms with van der Waals surface area (Å²) in [4.78, 5) is 24.1. The molecule has 37 heavy (non-hydrogen) atoms. The van der Waals surface area contributed by atoms with Crippen molar-refractivity contribution < 1.29 is 41.0 Å². The number of nitrogens with one attached hydrogen (secondary N) is 1. The predicted molar refractivity (Wildman–Crippen MR) is 125 cm³/mol. The number of phenolic OH excluding ortho intramolecular Hbond substituents is 1. The van der Waals surface area contributed by atoms with Gasteiger partial charge in [0.2, 0.25) is 12.3 Å². The monoisotopic (exact) mass is 573 g/mol. The van der Waals surface area contributed by atoms with E-state index < -0.39 is 35.6 Å². The molecule has 206 valence electrons. The maximum atomic E-state index is 13.0. The molecule has 4 rings (SSSR count). The minimum Gasteiger partial charge on any atom is -0.508 e. The molecule has 0 aromatic heterocycles. The maximum Gasteiger partial charge on any atom is 0.403 e. The lowest BCUT2D eigenvalue weighted by atomic mass is 10.1. The number of hydrogen-bond donors (Lipinski definition) is 2. The van der Waals surface area contributed by atoms with Crippen LogP contribution in [0.3, 0.4) is 0 Å². The second-order valence-corrected chi connectivity index (χ2v) is 10.6. The Bertz CT molecular complexity index is 1010. The molecule has 2 aliphatic carbocycles. The van der Waals surface area contributed by atoms with Gasteiger partial charge < -0.3 is 15.3 Å². The number of rotatable bonds is 5. The molecule has 14 heteroatoms. The van der Waals surface area contributed by atoms with E-state index in [0.29, 0.717) is 30.9 Å². The van der Waals surface area contributed by atoms with E-state index in [4.69, 9.17) is 16.9 Å². The van der Waals surface area contributed by atoms with Crippen LogP contribution < -0.4 is 5.32 Å². The zero-order valence-corrected chi connectivity index (χ0v) is 21.3. The van der Waals surface area contributed by atoms with Crippen molar-refractivity contribution in [2.24, 2.45) is 5.41 Å². The number of nitrogens with zero attached hydrogens (tertiary/aromatic N) is 2. The SMILES string of the molecule is CCC(F)(F)F.N#CC1(NC=O)CC1.O=C(N1CCC(Sc2ccc(O)cc2Cl)C1)C1(C(F)(F)F)CC1. The summed E-state index contributed by atoms with van der Waals surface area (Å²) in [6.07, 6.45) is -6.54. The van der Waals surface area contributed by atoms with E-state index >= 15 is 0 Å². The molecule has 1 heterocycles. The molecule has 1 atom stereocenters. The number of thioether (sulfide) groups is 1. The van der Waals surface area contributed by atoms with E-state index in [2.05, 4.69) is 5.32 Å². The van der Waals surface area contributed by atoms with Crippen molar-refractivity contribution in [3.63, 3.8) is 0 Å². The Morgan fingerprint density at radius 3 is 2.24 bits per heavy atom. The average Bonchev–Trinajstić information content (AvgIpc) is 3.73. The summed E-state index contributed by atoms with van der Waals surface area (Å²) in [5.74, 6) is -0.728. The van der Waals surface area contributed by atoms with Gasteiger partial charge in [0.25, 0.3) is 0 Å². The van der Waals surface area contributed by atoms with E-state index in [0.717, 1.165) is 24.7 Å². The zero-order chi connectivity index (χ0) is 28.1. The average molecular weight is 574 g/mol. The van der Waals surface area contributed by atoms with Crippen molar-refractivity contribution in [1.82, 2.24) is 10.2 Å². The smallest absolute Gasteiger partial charge is 0.403 e. The molecular formula is C23H26ClF6N3O3S. The number of benzene rings is 1. The third-order valence-electron chi connectivity index (χ3n) is 6.04. The van der Waals surface area contributed by atoms with Crippen LogP contribution in [0.5, 0.6) is 5.75 Å². The van der Waals surface area contributed by atoms with Gasteiger partial charge in [-0.25, -0.2) is 0 Å². The Morgan fingerprint density at radius 1 is 1.27 bits per heavy atom. The molecule has 2 saturated carbocycles. The third-order valence-corrected chi connectivity index (χ3v) is 7.80. The standard InChI is InChI=1S/C15H15ClF3NO2S.C5H6N2O.C3H5F3/c16-11-7-9(21)1-2-12(11)23-10-3-6-20(8-10)13(22)14(4-5-14)15(17,18)19;6-3-5(1-2-5)7-4-8;1-2-3(4,5)6/h1-2,7,10,21H,3-6,8H2;4H,1-2H2,(H,7,8);2H2,1H3. The predicted octanol–water partition coefficient (Wildman–Crippen LogP) is 5.83. The van der Waals surface area contributed by atoms with Crippen LogP contribution in [0.2, 0.25) is 5.02 Å². The van der Waals surface area contributed by atoms with Crippen LogP contribution >= 0.6 is 23.4 Å². The van der Waals surface area contributed by atoms with Crippen molar-refractivity contribution >= 4 is 35.7 Å².